The molecular formula is C13H24O2. The molecule has 0 aromatic rings. The van der Waals surface area contributed by atoms with Gasteiger partial charge in [0.2, 0.25) is 0 Å². The summed E-state index contributed by atoms with van der Waals surface area (Å²) in [5, 5.41) is 0. The summed E-state index contributed by atoms with van der Waals surface area (Å²) < 4.78 is 0. The van der Waals surface area contributed by atoms with Gasteiger partial charge in [0.05, 0.1) is 0 Å². The lowest BCUT2D eigenvalue weighted by Crippen LogP contribution is -2.13. The van der Waals surface area contributed by atoms with Gasteiger partial charge in [0, 0.05) is 18.8 Å². The van der Waals surface area contributed by atoms with E-state index in [1.165, 1.54) is 0 Å². The van der Waals surface area contributed by atoms with Crippen LogP contribution in [0.5, 0.6) is 0 Å². The fourth-order valence-electron chi connectivity index (χ4n) is 1.81. The highest BCUT2D eigenvalue weighted by atomic mass is 16.1. The quantitative estimate of drug-likeness (QED) is 0.548. The lowest BCUT2D eigenvalue weighted by Gasteiger charge is -2.12. The van der Waals surface area contributed by atoms with Crippen molar-refractivity contribution in [1.82, 2.24) is 0 Å². The molecule has 2 heteroatoms. The Morgan fingerprint density at radius 1 is 1.07 bits per heavy atom. The first-order valence-electron chi connectivity index (χ1n) is 6.13. The number of carbonyl (C=O) groups excluding carboxylic acids is 2. The van der Waals surface area contributed by atoms with E-state index in [9.17, 15) is 9.59 Å². The molecule has 88 valence electrons. The van der Waals surface area contributed by atoms with E-state index in [0.29, 0.717) is 18.6 Å². The summed E-state index contributed by atoms with van der Waals surface area (Å²) in [4.78, 5) is 22.4. The zero-order chi connectivity index (χ0) is 11.7. The van der Waals surface area contributed by atoms with Gasteiger partial charge < -0.3 is 4.79 Å². The lowest BCUT2D eigenvalue weighted by molar-refractivity contribution is -0.123. The van der Waals surface area contributed by atoms with Crippen molar-refractivity contribution >= 4 is 11.6 Å². The molecule has 1 unspecified atom stereocenters. The van der Waals surface area contributed by atoms with Crippen LogP contribution in [-0.2, 0) is 9.59 Å². The fourth-order valence-corrected chi connectivity index (χ4v) is 1.81. The molecule has 15 heavy (non-hydrogen) atoms. The Labute approximate surface area is 93.4 Å². The van der Waals surface area contributed by atoms with Crippen LogP contribution in [0.3, 0.4) is 0 Å². The van der Waals surface area contributed by atoms with Gasteiger partial charge in [0.1, 0.15) is 11.6 Å². The summed E-state index contributed by atoms with van der Waals surface area (Å²) in [6.45, 7) is 5.74. The van der Waals surface area contributed by atoms with Crippen molar-refractivity contribution in [3.8, 4) is 0 Å². The highest BCUT2D eigenvalue weighted by molar-refractivity contribution is 5.80. The Balaban J connectivity index is 3.70. The molecule has 0 N–H and O–H groups in total. The van der Waals surface area contributed by atoms with Gasteiger partial charge in [-0.15, -0.1) is 0 Å². The van der Waals surface area contributed by atoms with E-state index < -0.39 is 0 Å². The number of unbranched alkanes of at least 4 members (excludes halogenated alkanes) is 1. The summed E-state index contributed by atoms with van der Waals surface area (Å²) in [7, 11) is 0. The standard InChI is InChI=1S/C13H24O2/c1-4-8-13(15)12(5-2)10-7-6-9-11(3)14/h12H,4-10H2,1-3H3. The maximum absolute atomic E-state index is 11.6. The van der Waals surface area contributed by atoms with Gasteiger partial charge in [0.25, 0.3) is 0 Å². The van der Waals surface area contributed by atoms with E-state index in [4.69, 9.17) is 0 Å². The molecular weight excluding hydrogens is 188 g/mol. The van der Waals surface area contributed by atoms with Crippen LogP contribution in [0, 0.1) is 5.92 Å². The zero-order valence-electron chi connectivity index (χ0n) is 10.3. The molecule has 0 bridgehead atoms. The Hall–Kier alpha value is -0.660. The normalized spacial score (nSPS) is 12.5. The Morgan fingerprint density at radius 2 is 1.73 bits per heavy atom. The highest BCUT2D eigenvalue weighted by Gasteiger charge is 2.14. The number of hydrogen-bond acceptors (Lipinski definition) is 2. The molecule has 0 aliphatic rings. The fraction of sp³-hybridized carbons (Fsp3) is 0.846. The first kappa shape index (κ1) is 14.3. The van der Waals surface area contributed by atoms with Crippen LogP contribution in [0.25, 0.3) is 0 Å². The number of rotatable bonds is 9. The van der Waals surface area contributed by atoms with Gasteiger partial charge in [-0.3, -0.25) is 4.79 Å². The van der Waals surface area contributed by atoms with Crippen LogP contribution in [0.4, 0.5) is 0 Å². The lowest BCUT2D eigenvalue weighted by atomic mass is 9.92. The van der Waals surface area contributed by atoms with Crippen molar-refractivity contribution in [1.29, 1.82) is 0 Å². The number of carbonyl (C=O) groups is 2. The SMILES string of the molecule is CCCC(=O)C(CC)CCCCC(C)=O. The summed E-state index contributed by atoms with van der Waals surface area (Å²) >= 11 is 0. The second-order valence-corrected chi connectivity index (χ2v) is 4.27. The third-order valence-corrected chi connectivity index (χ3v) is 2.78. The van der Waals surface area contributed by atoms with E-state index in [1.54, 1.807) is 6.92 Å². The first-order chi connectivity index (χ1) is 7.11. The zero-order valence-corrected chi connectivity index (χ0v) is 10.3. The van der Waals surface area contributed by atoms with Gasteiger partial charge in [-0.1, -0.05) is 20.3 Å². The van der Waals surface area contributed by atoms with Crippen molar-refractivity contribution in [3.63, 3.8) is 0 Å². The van der Waals surface area contributed by atoms with Crippen LogP contribution >= 0.6 is 0 Å². The van der Waals surface area contributed by atoms with Crippen molar-refractivity contribution in [2.75, 3.05) is 0 Å². The third-order valence-electron chi connectivity index (χ3n) is 2.78. The van der Waals surface area contributed by atoms with Crippen molar-refractivity contribution < 1.29 is 9.59 Å². The summed E-state index contributed by atoms with van der Waals surface area (Å²) in [5.41, 5.74) is 0. The van der Waals surface area contributed by atoms with Crippen LogP contribution < -0.4 is 0 Å². The molecule has 0 aromatic carbocycles. The van der Waals surface area contributed by atoms with Crippen LogP contribution in [-0.4, -0.2) is 11.6 Å². The van der Waals surface area contributed by atoms with Crippen LogP contribution in [0.15, 0.2) is 0 Å². The largest absolute Gasteiger partial charge is 0.300 e. The smallest absolute Gasteiger partial charge is 0.135 e. The second-order valence-electron chi connectivity index (χ2n) is 4.27. The van der Waals surface area contributed by atoms with Crippen molar-refractivity contribution in [2.45, 2.75) is 65.7 Å². The minimum absolute atomic E-state index is 0.233. The summed E-state index contributed by atoms with van der Waals surface area (Å²) in [6.07, 6.45) is 6.17. The molecule has 0 aliphatic heterocycles. The average Bonchev–Trinajstić information content (AvgIpc) is 2.17. The summed E-state index contributed by atoms with van der Waals surface area (Å²) in [5.74, 6) is 0.891. The molecule has 0 aliphatic carbocycles. The molecule has 0 heterocycles. The number of ketones is 2. The molecule has 1 atom stereocenters. The molecule has 2 nitrogen and oxygen atoms in total. The predicted molar refractivity (Wildman–Crippen MR) is 62.8 cm³/mol. The third kappa shape index (κ3) is 7.29. The van der Waals surface area contributed by atoms with Gasteiger partial charge >= 0.3 is 0 Å². The molecule has 0 radical (unpaired) electrons. The minimum atomic E-state index is 0.233. The van der Waals surface area contributed by atoms with Gasteiger partial charge in [-0.25, -0.2) is 0 Å². The molecule has 0 amide bonds. The molecule has 0 aromatic heterocycles. The predicted octanol–water partition coefficient (Wildman–Crippen LogP) is 3.53. The topological polar surface area (TPSA) is 34.1 Å². The maximum Gasteiger partial charge on any atom is 0.135 e. The Bertz CT molecular complexity index is 197. The van der Waals surface area contributed by atoms with E-state index in [2.05, 4.69) is 6.92 Å². The van der Waals surface area contributed by atoms with E-state index >= 15 is 0 Å². The average molecular weight is 212 g/mol. The molecule has 0 spiro atoms. The second kappa shape index (κ2) is 8.63. The van der Waals surface area contributed by atoms with E-state index in [0.717, 1.165) is 32.1 Å². The van der Waals surface area contributed by atoms with E-state index in [-0.39, 0.29) is 11.7 Å². The Kier molecular flexibility index (Phi) is 8.25. The van der Waals surface area contributed by atoms with Crippen LogP contribution in [0.2, 0.25) is 0 Å². The van der Waals surface area contributed by atoms with E-state index in [1.807, 2.05) is 6.92 Å². The Morgan fingerprint density at radius 3 is 2.20 bits per heavy atom. The minimum Gasteiger partial charge on any atom is -0.300 e. The van der Waals surface area contributed by atoms with Gasteiger partial charge in [-0.05, 0) is 32.6 Å². The molecule has 0 saturated heterocycles. The first-order valence-corrected chi connectivity index (χ1v) is 6.13. The van der Waals surface area contributed by atoms with Crippen molar-refractivity contribution in [2.24, 2.45) is 5.92 Å². The van der Waals surface area contributed by atoms with Gasteiger partial charge in [0.15, 0.2) is 0 Å². The molecule has 0 fully saturated rings. The molecule has 0 saturated carbocycles. The number of hydrogen-bond donors (Lipinski definition) is 0. The molecule has 0 rings (SSSR count). The highest BCUT2D eigenvalue weighted by Crippen LogP contribution is 2.17. The van der Waals surface area contributed by atoms with Crippen molar-refractivity contribution in [3.05, 3.63) is 0 Å². The number of Topliss-reactive ketones (excluding diaryl/α,β-unsaturated/α-hetero) is 2. The van der Waals surface area contributed by atoms with Crippen LogP contribution in [0.1, 0.15) is 65.7 Å². The monoisotopic (exact) mass is 212 g/mol. The summed E-state index contributed by atoms with van der Waals surface area (Å²) in [6, 6.07) is 0. The van der Waals surface area contributed by atoms with Gasteiger partial charge in [-0.2, -0.15) is 0 Å². The maximum atomic E-state index is 11.6.